The lowest BCUT2D eigenvalue weighted by Gasteiger charge is -2.02. The number of nitrogens with two attached hydrogens (primary N) is 1. The van der Waals surface area contributed by atoms with E-state index in [9.17, 15) is 0 Å². The molecule has 0 saturated heterocycles. The van der Waals surface area contributed by atoms with Gasteiger partial charge in [0, 0.05) is 16.8 Å². The first-order chi connectivity index (χ1) is 9.20. The molecule has 1 heterocycles. The fourth-order valence-corrected chi connectivity index (χ4v) is 1.85. The first-order valence-corrected chi connectivity index (χ1v) is 6.12. The highest BCUT2D eigenvalue weighted by atomic mass is 35.5. The predicted molar refractivity (Wildman–Crippen MR) is 74.2 cm³/mol. The summed E-state index contributed by atoms with van der Waals surface area (Å²) in [6.07, 6.45) is 0. The molecule has 4 nitrogen and oxygen atoms in total. The molecule has 0 aliphatic rings. The van der Waals surface area contributed by atoms with Gasteiger partial charge in [-0.25, -0.2) is 4.98 Å². The van der Waals surface area contributed by atoms with E-state index in [4.69, 9.17) is 26.5 Å². The van der Waals surface area contributed by atoms with Crippen molar-refractivity contribution in [1.82, 2.24) is 4.98 Å². The van der Waals surface area contributed by atoms with Crippen molar-refractivity contribution in [2.24, 2.45) is 0 Å². The highest BCUT2D eigenvalue weighted by molar-refractivity contribution is 6.30. The van der Waals surface area contributed by atoms with Crippen LogP contribution in [0.5, 0.6) is 5.75 Å². The molecule has 0 atom stereocenters. The second kappa shape index (κ2) is 4.82. The summed E-state index contributed by atoms with van der Waals surface area (Å²) in [5.74, 6) is 1.22. The number of hydrogen-bond acceptors (Lipinski definition) is 4. The number of aromatic nitrogens is 1. The van der Waals surface area contributed by atoms with E-state index in [1.807, 2.05) is 6.07 Å². The fourth-order valence-electron chi connectivity index (χ4n) is 1.73. The zero-order valence-corrected chi connectivity index (χ0v) is 10.7. The number of nitrogen functional groups attached to an aromatic ring is 1. The third-order valence-electron chi connectivity index (χ3n) is 2.63. The van der Waals surface area contributed by atoms with Crippen molar-refractivity contribution in [2.45, 2.75) is 6.61 Å². The van der Waals surface area contributed by atoms with E-state index in [0.717, 1.165) is 5.52 Å². The summed E-state index contributed by atoms with van der Waals surface area (Å²) in [5, 5.41) is 0.671. The largest absolute Gasteiger partial charge is 0.484 e. The lowest BCUT2D eigenvalue weighted by atomic mass is 10.3. The standard InChI is InChI=1S/C14H11ClN2O2/c15-9-1-4-11(5-2-9)18-8-14-17-12-6-3-10(16)7-13(12)19-14/h1-7H,8,16H2. The van der Waals surface area contributed by atoms with E-state index in [2.05, 4.69) is 4.98 Å². The Labute approximate surface area is 114 Å². The van der Waals surface area contributed by atoms with Crippen molar-refractivity contribution in [3.05, 3.63) is 53.4 Å². The van der Waals surface area contributed by atoms with E-state index in [0.29, 0.717) is 27.9 Å². The number of oxazole rings is 1. The van der Waals surface area contributed by atoms with Gasteiger partial charge in [0.1, 0.15) is 11.3 Å². The summed E-state index contributed by atoms with van der Waals surface area (Å²) in [7, 11) is 0. The summed E-state index contributed by atoms with van der Waals surface area (Å²) in [4.78, 5) is 4.31. The smallest absolute Gasteiger partial charge is 0.233 e. The molecule has 0 bridgehead atoms. The molecule has 0 spiro atoms. The van der Waals surface area contributed by atoms with Crippen LogP contribution in [-0.2, 0) is 6.61 Å². The predicted octanol–water partition coefficient (Wildman–Crippen LogP) is 3.64. The normalized spacial score (nSPS) is 10.8. The third-order valence-corrected chi connectivity index (χ3v) is 2.88. The Kier molecular flexibility index (Phi) is 3.01. The van der Waals surface area contributed by atoms with Crippen LogP contribution >= 0.6 is 11.6 Å². The first-order valence-electron chi connectivity index (χ1n) is 5.74. The second-order valence-electron chi connectivity index (χ2n) is 4.08. The summed E-state index contributed by atoms with van der Waals surface area (Å²) >= 11 is 5.80. The average molecular weight is 275 g/mol. The molecule has 0 aliphatic heterocycles. The number of nitrogens with zero attached hydrogens (tertiary/aromatic N) is 1. The zero-order valence-electron chi connectivity index (χ0n) is 9.97. The van der Waals surface area contributed by atoms with Crippen LogP contribution in [0.15, 0.2) is 46.9 Å². The van der Waals surface area contributed by atoms with E-state index in [1.54, 1.807) is 36.4 Å². The lowest BCUT2D eigenvalue weighted by Crippen LogP contribution is -1.94. The Morgan fingerprint density at radius 2 is 1.95 bits per heavy atom. The number of halogens is 1. The van der Waals surface area contributed by atoms with E-state index >= 15 is 0 Å². The summed E-state index contributed by atoms with van der Waals surface area (Å²) in [6.45, 7) is 0.260. The van der Waals surface area contributed by atoms with Crippen LogP contribution < -0.4 is 10.5 Å². The van der Waals surface area contributed by atoms with Crippen molar-refractivity contribution in [3.8, 4) is 5.75 Å². The Balaban J connectivity index is 1.76. The van der Waals surface area contributed by atoms with E-state index in [-0.39, 0.29) is 6.61 Å². The SMILES string of the molecule is Nc1ccc2nc(COc3ccc(Cl)cc3)oc2c1. The van der Waals surface area contributed by atoms with Crippen LogP contribution in [0.2, 0.25) is 5.02 Å². The van der Waals surface area contributed by atoms with Crippen LogP contribution in [0.4, 0.5) is 5.69 Å². The van der Waals surface area contributed by atoms with Crippen molar-refractivity contribution in [1.29, 1.82) is 0 Å². The van der Waals surface area contributed by atoms with Crippen molar-refractivity contribution in [3.63, 3.8) is 0 Å². The van der Waals surface area contributed by atoms with Crippen LogP contribution in [0, 0.1) is 0 Å². The maximum Gasteiger partial charge on any atom is 0.233 e. The number of fused-ring (bicyclic) bond motifs is 1. The molecular formula is C14H11ClN2O2. The molecule has 2 N–H and O–H groups in total. The molecule has 0 amide bonds. The average Bonchev–Trinajstić information content (AvgIpc) is 2.80. The molecule has 3 aromatic rings. The molecule has 0 saturated carbocycles. The Bertz CT molecular complexity index is 707. The molecule has 2 aromatic carbocycles. The monoisotopic (exact) mass is 274 g/mol. The zero-order chi connectivity index (χ0) is 13.2. The highest BCUT2D eigenvalue weighted by Gasteiger charge is 2.06. The van der Waals surface area contributed by atoms with Gasteiger partial charge in [-0.2, -0.15) is 0 Å². The minimum absolute atomic E-state index is 0.260. The second-order valence-corrected chi connectivity index (χ2v) is 4.51. The topological polar surface area (TPSA) is 61.3 Å². The first kappa shape index (κ1) is 11.9. The van der Waals surface area contributed by atoms with Gasteiger partial charge >= 0.3 is 0 Å². The maximum atomic E-state index is 5.80. The third kappa shape index (κ3) is 2.63. The molecule has 0 radical (unpaired) electrons. The van der Waals surface area contributed by atoms with Gasteiger partial charge in [-0.15, -0.1) is 0 Å². The Hall–Kier alpha value is -2.20. The van der Waals surface area contributed by atoms with Crippen molar-refractivity contribution >= 4 is 28.4 Å². The summed E-state index contributed by atoms with van der Waals surface area (Å²) in [6, 6.07) is 12.5. The van der Waals surface area contributed by atoms with Gasteiger partial charge in [0.2, 0.25) is 5.89 Å². The molecule has 0 fully saturated rings. The molecular weight excluding hydrogens is 264 g/mol. The van der Waals surface area contributed by atoms with Gasteiger partial charge in [0.05, 0.1) is 0 Å². The van der Waals surface area contributed by atoms with Gasteiger partial charge in [-0.1, -0.05) is 11.6 Å². The quantitative estimate of drug-likeness (QED) is 0.741. The van der Waals surface area contributed by atoms with Gasteiger partial charge in [-0.05, 0) is 36.4 Å². The van der Waals surface area contributed by atoms with Crippen LogP contribution in [0.3, 0.4) is 0 Å². The summed E-state index contributed by atoms with van der Waals surface area (Å²) in [5.41, 5.74) is 7.76. The van der Waals surface area contributed by atoms with Crippen LogP contribution in [0.1, 0.15) is 5.89 Å². The fraction of sp³-hybridized carbons (Fsp3) is 0.0714. The lowest BCUT2D eigenvalue weighted by molar-refractivity contribution is 0.267. The molecule has 0 aliphatic carbocycles. The minimum atomic E-state index is 0.260. The molecule has 3 rings (SSSR count). The van der Waals surface area contributed by atoms with Gasteiger partial charge in [0.25, 0.3) is 0 Å². The number of hydrogen-bond donors (Lipinski definition) is 1. The molecule has 5 heteroatoms. The van der Waals surface area contributed by atoms with Gasteiger partial charge < -0.3 is 14.9 Å². The number of rotatable bonds is 3. The molecule has 0 unspecified atom stereocenters. The van der Waals surface area contributed by atoms with Crippen molar-refractivity contribution in [2.75, 3.05) is 5.73 Å². The van der Waals surface area contributed by atoms with E-state index < -0.39 is 0 Å². The summed E-state index contributed by atoms with van der Waals surface area (Å²) < 4.78 is 11.1. The number of benzene rings is 2. The minimum Gasteiger partial charge on any atom is -0.484 e. The van der Waals surface area contributed by atoms with Crippen LogP contribution in [0.25, 0.3) is 11.1 Å². The Morgan fingerprint density at radius 3 is 2.74 bits per heavy atom. The van der Waals surface area contributed by atoms with Crippen molar-refractivity contribution < 1.29 is 9.15 Å². The maximum absolute atomic E-state index is 5.80. The Morgan fingerprint density at radius 1 is 1.16 bits per heavy atom. The number of anilines is 1. The number of ether oxygens (including phenoxy) is 1. The van der Waals surface area contributed by atoms with Crippen LogP contribution in [-0.4, -0.2) is 4.98 Å². The highest BCUT2D eigenvalue weighted by Crippen LogP contribution is 2.20. The van der Waals surface area contributed by atoms with Gasteiger partial charge in [-0.3, -0.25) is 0 Å². The molecule has 96 valence electrons. The van der Waals surface area contributed by atoms with E-state index in [1.165, 1.54) is 0 Å². The molecule has 1 aromatic heterocycles. The molecule has 19 heavy (non-hydrogen) atoms. The van der Waals surface area contributed by atoms with Gasteiger partial charge in [0.15, 0.2) is 12.2 Å².